The van der Waals surface area contributed by atoms with Gasteiger partial charge in [0.25, 0.3) is 0 Å². The maximum absolute atomic E-state index is 13.6. The molecule has 0 spiro atoms. The van der Waals surface area contributed by atoms with Crippen LogP contribution in [0.2, 0.25) is 0 Å². The van der Waals surface area contributed by atoms with Crippen LogP contribution < -0.4 is 0 Å². The van der Waals surface area contributed by atoms with Crippen molar-refractivity contribution in [3.05, 3.63) is 66.4 Å². The second-order valence-electron chi connectivity index (χ2n) is 6.88. The van der Waals surface area contributed by atoms with Gasteiger partial charge in [0.05, 0.1) is 5.69 Å². The van der Waals surface area contributed by atoms with E-state index in [1.807, 2.05) is 39.8 Å². The quantitative estimate of drug-likeness (QED) is 0.598. The van der Waals surface area contributed by atoms with E-state index in [0.717, 1.165) is 44.1 Å². The summed E-state index contributed by atoms with van der Waals surface area (Å²) in [7, 11) is 0. The fourth-order valence-electron chi connectivity index (χ4n) is 3.42. The summed E-state index contributed by atoms with van der Waals surface area (Å²) < 4.78 is 15.7. The Bertz CT molecular complexity index is 919. The Hall–Kier alpha value is -2.38. The molecule has 3 aromatic rings. The number of piperazine rings is 1. The van der Waals surface area contributed by atoms with Crippen molar-refractivity contribution in [3.63, 3.8) is 0 Å². The first-order valence-electron chi connectivity index (χ1n) is 9.49. The minimum Gasteiger partial charge on any atom is -0.340 e. The Morgan fingerprint density at radius 2 is 1.86 bits per heavy atom. The molecule has 5 nitrogen and oxygen atoms in total. The van der Waals surface area contributed by atoms with Crippen LogP contribution in [0.25, 0.3) is 5.65 Å². The molecule has 1 aromatic carbocycles. The molecule has 7 heteroatoms. The molecule has 28 heavy (non-hydrogen) atoms. The average molecular weight is 399 g/mol. The van der Waals surface area contributed by atoms with E-state index in [1.165, 1.54) is 17.8 Å². The van der Waals surface area contributed by atoms with Crippen LogP contribution in [0.15, 0.2) is 59.8 Å². The van der Waals surface area contributed by atoms with Gasteiger partial charge in [-0.25, -0.2) is 9.37 Å². The normalized spacial score (nSPS) is 15.2. The zero-order valence-corrected chi connectivity index (χ0v) is 16.4. The predicted octanol–water partition coefficient (Wildman–Crippen LogP) is 3.30. The number of rotatable bonds is 6. The van der Waals surface area contributed by atoms with E-state index in [4.69, 9.17) is 0 Å². The van der Waals surface area contributed by atoms with E-state index in [9.17, 15) is 9.18 Å². The van der Waals surface area contributed by atoms with Gasteiger partial charge in [0.2, 0.25) is 5.91 Å². The Labute approximate surface area is 168 Å². The second kappa shape index (κ2) is 8.75. The number of thioether (sulfide) groups is 1. The highest BCUT2D eigenvalue weighted by atomic mass is 32.2. The molecule has 1 saturated heterocycles. The lowest BCUT2D eigenvalue weighted by atomic mass is 10.2. The van der Waals surface area contributed by atoms with E-state index in [-0.39, 0.29) is 11.7 Å². The fourth-order valence-corrected chi connectivity index (χ4v) is 4.29. The molecule has 1 fully saturated rings. The Morgan fingerprint density at radius 3 is 2.64 bits per heavy atom. The molecule has 0 unspecified atom stereocenters. The largest absolute Gasteiger partial charge is 0.340 e. The van der Waals surface area contributed by atoms with Gasteiger partial charge < -0.3 is 9.30 Å². The molecule has 2 aromatic heterocycles. The van der Waals surface area contributed by atoms with Crippen molar-refractivity contribution in [1.29, 1.82) is 0 Å². The number of carbonyl (C=O) groups excluding carboxylic acids is 1. The first-order chi connectivity index (χ1) is 13.7. The van der Waals surface area contributed by atoms with Crippen molar-refractivity contribution in [2.75, 3.05) is 31.9 Å². The number of benzene rings is 1. The van der Waals surface area contributed by atoms with Gasteiger partial charge in [-0.3, -0.25) is 9.69 Å². The van der Waals surface area contributed by atoms with Crippen LogP contribution in [0.1, 0.15) is 12.1 Å². The van der Waals surface area contributed by atoms with Crippen LogP contribution in [-0.2, 0) is 11.3 Å². The van der Waals surface area contributed by atoms with Gasteiger partial charge in [0, 0.05) is 62.2 Å². The zero-order valence-electron chi connectivity index (χ0n) is 15.6. The minimum atomic E-state index is -0.222. The van der Waals surface area contributed by atoms with Gasteiger partial charge >= 0.3 is 0 Å². The number of pyridine rings is 1. The van der Waals surface area contributed by atoms with Gasteiger partial charge in [0.15, 0.2) is 0 Å². The van der Waals surface area contributed by atoms with Crippen molar-refractivity contribution < 1.29 is 9.18 Å². The van der Waals surface area contributed by atoms with E-state index in [1.54, 1.807) is 12.1 Å². The Morgan fingerprint density at radius 1 is 1.07 bits per heavy atom. The third-order valence-electron chi connectivity index (χ3n) is 4.93. The molecule has 0 aliphatic carbocycles. The maximum Gasteiger partial charge on any atom is 0.223 e. The van der Waals surface area contributed by atoms with Crippen LogP contribution in [0.4, 0.5) is 4.39 Å². The summed E-state index contributed by atoms with van der Waals surface area (Å²) in [6, 6.07) is 12.7. The monoisotopic (exact) mass is 398 g/mol. The van der Waals surface area contributed by atoms with Gasteiger partial charge in [-0.05, 0) is 24.3 Å². The van der Waals surface area contributed by atoms with E-state index in [0.29, 0.717) is 17.1 Å². The van der Waals surface area contributed by atoms with Crippen molar-refractivity contribution in [2.45, 2.75) is 17.9 Å². The summed E-state index contributed by atoms with van der Waals surface area (Å²) in [5, 5.41) is 0. The van der Waals surface area contributed by atoms with Crippen LogP contribution in [0.3, 0.4) is 0 Å². The van der Waals surface area contributed by atoms with Gasteiger partial charge in [0.1, 0.15) is 11.5 Å². The third kappa shape index (κ3) is 4.54. The van der Waals surface area contributed by atoms with Crippen molar-refractivity contribution in [2.24, 2.45) is 0 Å². The number of carbonyl (C=O) groups is 1. The topological polar surface area (TPSA) is 40.9 Å². The second-order valence-corrected chi connectivity index (χ2v) is 8.02. The molecule has 0 N–H and O–H groups in total. The molecule has 4 rings (SSSR count). The summed E-state index contributed by atoms with van der Waals surface area (Å²) in [4.78, 5) is 21.9. The number of aromatic nitrogens is 2. The van der Waals surface area contributed by atoms with Crippen LogP contribution in [-0.4, -0.2) is 57.0 Å². The first kappa shape index (κ1) is 19.0. The molecule has 1 amide bonds. The maximum atomic E-state index is 13.6. The average Bonchev–Trinajstić information content (AvgIpc) is 3.12. The smallest absolute Gasteiger partial charge is 0.223 e. The lowest BCUT2D eigenvalue weighted by Crippen LogP contribution is -2.48. The summed E-state index contributed by atoms with van der Waals surface area (Å²) >= 11 is 1.40. The molecule has 146 valence electrons. The number of imidazole rings is 1. The number of nitrogens with zero attached hydrogens (tertiary/aromatic N) is 4. The first-order valence-corrected chi connectivity index (χ1v) is 10.5. The predicted molar refractivity (Wildman–Crippen MR) is 109 cm³/mol. The molecule has 3 heterocycles. The number of fused-ring (bicyclic) bond motifs is 1. The number of halogens is 1. The number of hydrogen-bond acceptors (Lipinski definition) is 4. The minimum absolute atomic E-state index is 0.149. The highest BCUT2D eigenvalue weighted by molar-refractivity contribution is 7.99. The van der Waals surface area contributed by atoms with Crippen molar-refractivity contribution in [1.82, 2.24) is 19.2 Å². The highest BCUT2D eigenvalue weighted by Gasteiger charge is 2.21. The van der Waals surface area contributed by atoms with E-state index in [2.05, 4.69) is 16.1 Å². The zero-order chi connectivity index (χ0) is 19.3. The fraction of sp³-hybridized carbons (Fsp3) is 0.333. The van der Waals surface area contributed by atoms with Crippen LogP contribution in [0, 0.1) is 5.82 Å². The van der Waals surface area contributed by atoms with Gasteiger partial charge in [-0.15, -0.1) is 11.8 Å². The van der Waals surface area contributed by atoms with Gasteiger partial charge in [-0.2, -0.15) is 0 Å². The van der Waals surface area contributed by atoms with Gasteiger partial charge in [-0.1, -0.05) is 18.2 Å². The standard InChI is InChI=1S/C21H23FN4OS/c22-18-5-1-2-6-19(18)28-14-8-21(27)25-12-10-24(11-13-25)15-17-16-26-9-4-3-7-20(26)23-17/h1-7,9,16H,8,10-15H2. The molecule has 0 saturated carbocycles. The van der Waals surface area contributed by atoms with E-state index >= 15 is 0 Å². The van der Waals surface area contributed by atoms with E-state index < -0.39 is 0 Å². The Kier molecular flexibility index (Phi) is 5.92. The molecular weight excluding hydrogens is 375 g/mol. The molecule has 1 aliphatic heterocycles. The molecule has 1 aliphatic rings. The van der Waals surface area contributed by atoms with Crippen LogP contribution >= 0.6 is 11.8 Å². The third-order valence-corrected chi connectivity index (χ3v) is 5.98. The SMILES string of the molecule is O=C(CCSc1ccccc1F)N1CCN(Cc2cn3ccccc3n2)CC1. The van der Waals surface area contributed by atoms with Crippen molar-refractivity contribution >= 4 is 23.3 Å². The summed E-state index contributed by atoms with van der Waals surface area (Å²) in [5.74, 6) is 0.526. The molecular formula is C21H23FN4OS. The van der Waals surface area contributed by atoms with Crippen molar-refractivity contribution in [3.8, 4) is 0 Å². The number of hydrogen-bond donors (Lipinski definition) is 0. The Balaban J connectivity index is 1.22. The van der Waals surface area contributed by atoms with Crippen LogP contribution in [0.5, 0.6) is 0 Å². The highest BCUT2D eigenvalue weighted by Crippen LogP contribution is 2.22. The summed E-state index contributed by atoms with van der Waals surface area (Å²) in [6.45, 7) is 3.96. The molecule has 0 bridgehead atoms. The lowest BCUT2D eigenvalue weighted by Gasteiger charge is -2.34. The summed E-state index contributed by atoms with van der Waals surface area (Å²) in [6.07, 6.45) is 4.50. The molecule has 0 atom stereocenters. The molecule has 0 radical (unpaired) electrons. The summed E-state index contributed by atoms with van der Waals surface area (Å²) in [5.41, 5.74) is 2.01. The lowest BCUT2D eigenvalue weighted by molar-refractivity contribution is -0.132. The number of amides is 1.